The van der Waals surface area contributed by atoms with Crippen molar-refractivity contribution < 1.29 is 14.7 Å². The van der Waals surface area contributed by atoms with E-state index in [1.807, 2.05) is 23.1 Å². The van der Waals surface area contributed by atoms with E-state index in [0.717, 1.165) is 38.5 Å². The summed E-state index contributed by atoms with van der Waals surface area (Å²) in [5, 5.41) is 10.0. The summed E-state index contributed by atoms with van der Waals surface area (Å²) in [6, 6.07) is 7.30. The third-order valence-corrected chi connectivity index (χ3v) is 5.72. The molecule has 0 saturated heterocycles. The van der Waals surface area contributed by atoms with Gasteiger partial charge in [0.1, 0.15) is 5.92 Å². The summed E-state index contributed by atoms with van der Waals surface area (Å²) in [7, 11) is 0. The van der Waals surface area contributed by atoms with Gasteiger partial charge >= 0.3 is 5.97 Å². The van der Waals surface area contributed by atoms with Crippen LogP contribution in [0.25, 0.3) is 0 Å². The van der Waals surface area contributed by atoms with Crippen LogP contribution in [0.3, 0.4) is 0 Å². The largest absolute Gasteiger partial charge is 0.481 e. The summed E-state index contributed by atoms with van der Waals surface area (Å²) in [6.45, 7) is 4.93. The van der Waals surface area contributed by atoms with Crippen molar-refractivity contribution in [2.75, 3.05) is 6.54 Å². The van der Waals surface area contributed by atoms with E-state index in [-0.39, 0.29) is 5.91 Å². The number of hydrogen-bond donors (Lipinski definition) is 1. The van der Waals surface area contributed by atoms with Crippen LogP contribution in [0.15, 0.2) is 24.3 Å². The van der Waals surface area contributed by atoms with Crippen LogP contribution < -0.4 is 0 Å². The van der Waals surface area contributed by atoms with Gasteiger partial charge in [-0.05, 0) is 36.8 Å². The minimum Gasteiger partial charge on any atom is -0.481 e. The lowest BCUT2D eigenvalue weighted by atomic mass is 9.65. The lowest BCUT2D eigenvalue weighted by Crippen LogP contribution is -2.61. The SMILES string of the molecule is CC(C)CCN1C(=O)c2ccccc2[C@@H](C(=O)O)C12CCCCC2. The molecule has 0 radical (unpaired) electrons. The molecule has 1 amide bonds. The second kappa shape index (κ2) is 6.58. The molecule has 0 unspecified atom stereocenters. The Morgan fingerprint density at radius 2 is 1.92 bits per heavy atom. The molecule has 1 fully saturated rings. The number of fused-ring (bicyclic) bond motifs is 1. The van der Waals surface area contributed by atoms with Gasteiger partial charge in [0.2, 0.25) is 0 Å². The number of hydrogen-bond acceptors (Lipinski definition) is 2. The highest BCUT2D eigenvalue weighted by molar-refractivity contribution is 6.01. The van der Waals surface area contributed by atoms with Crippen molar-refractivity contribution in [2.24, 2.45) is 5.92 Å². The molecule has 1 aliphatic heterocycles. The second-order valence-corrected chi connectivity index (χ2v) is 7.66. The summed E-state index contributed by atoms with van der Waals surface area (Å²) in [4.78, 5) is 27.4. The first-order valence-corrected chi connectivity index (χ1v) is 9.11. The van der Waals surface area contributed by atoms with Crippen molar-refractivity contribution >= 4 is 11.9 Å². The van der Waals surface area contributed by atoms with E-state index in [1.165, 1.54) is 0 Å². The number of carbonyl (C=O) groups is 2. The molecule has 130 valence electrons. The molecule has 1 N–H and O–H groups in total. The van der Waals surface area contributed by atoms with Gasteiger partial charge in [0.25, 0.3) is 5.91 Å². The molecule has 4 nitrogen and oxygen atoms in total. The van der Waals surface area contributed by atoms with E-state index in [2.05, 4.69) is 13.8 Å². The average Bonchev–Trinajstić information content (AvgIpc) is 2.55. The molecule has 1 spiro atoms. The van der Waals surface area contributed by atoms with Gasteiger partial charge in [-0.1, -0.05) is 51.3 Å². The van der Waals surface area contributed by atoms with Gasteiger partial charge in [0.15, 0.2) is 0 Å². The predicted octanol–water partition coefficient (Wildman–Crippen LogP) is 4.06. The number of rotatable bonds is 4. The normalized spacial score (nSPS) is 22.7. The van der Waals surface area contributed by atoms with Crippen LogP contribution in [0.1, 0.15) is 74.2 Å². The zero-order chi connectivity index (χ0) is 17.3. The maximum absolute atomic E-state index is 13.2. The topological polar surface area (TPSA) is 57.6 Å². The van der Waals surface area contributed by atoms with Crippen LogP contribution in [0.5, 0.6) is 0 Å². The first-order valence-electron chi connectivity index (χ1n) is 9.11. The molecular formula is C20H27NO3. The van der Waals surface area contributed by atoms with Crippen molar-refractivity contribution in [3.05, 3.63) is 35.4 Å². The molecule has 24 heavy (non-hydrogen) atoms. The number of amides is 1. The fraction of sp³-hybridized carbons (Fsp3) is 0.600. The van der Waals surface area contributed by atoms with Crippen molar-refractivity contribution in [3.63, 3.8) is 0 Å². The molecule has 0 aromatic heterocycles. The quantitative estimate of drug-likeness (QED) is 0.906. The molecule has 3 rings (SSSR count). The van der Waals surface area contributed by atoms with Crippen LogP contribution in [0, 0.1) is 5.92 Å². The Kier molecular flexibility index (Phi) is 4.66. The minimum absolute atomic E-state index is 0.0191. The van der Waals surface area contributed by atoms with Gasteiger partial charge < -0.3 is 10.0 Å². The van der Waals surface area contributed by atoms with Crippen LogP contribution >= 0.6 is 0 Å². The Morgan fingerprint density at radius 3 is 2.54 bits per heavy atom. The molecule has 0 bridgehead atoms. The van der Waals surface area contributed by atoms with Gasteiger partial charge in [0, 0.05) is 12.1 Å². The van der Waals surface area contributed by atoms with Gasteiger partial charge in [-0.2, -0.15) is 0 Å². The van der Waals surface area contributed by atoms with Crippen molar-refractivity contribution in [1.29, 1.82) is 0 Å². The first-order chi connectivity index (χ1) is 11.5. The third-order valence-electron chi connectivity index (χ3n) is 5.72. The van der Waals surface area contributed by atoms with Crippen molar-refractivity contribution in [3.8, 4) is 0 Å². The summed E-state index contributed by atoms with van der Waals surface area (Å²) in [5.41, 5.74) is 0.729. The second-order valence-electron chi connectivity index (χ2n) is 7.66. The Labute approximate surface area is 143 Å². The summed E-state index contributed by atoms with van der Waals surface area (Å²) < 4.78 is 0. The van der Waals surface area contributed by atoms with E-state index in [1.54, 1.807) is 6.07 Å². The number of aliphatic carboxylic acids is 1. The number of carboxylic acid groups (broad SMARTS) is 1. The van der Waals surface area contributed by atoms with Crippen LogP contribution in [0.4, 0.5) is 0 Å². The molecule has 1 heterocycles. The number of nitrogens with zero attached hydrogens (tertiary/aromatic N) is 1. The first kappa shape index (κ1) is 17.0. The Balaban J connectivity index is 2.12. The smallest absolute Gasteiger partial charge is 0.313 e. The summed E-state index contributed by atoms with van der Waals surface area (Å²) >= 11 is 0. The molecule has 1 atom stereocenters. The fourth-order valence-corrected chi connectivity index (χ4v) is 4.53. The van der Waals surface area contributed by atoms with Crippen molar-refractivity contribution in [2.45, 2.75) is 63.8 Å². The lowest BCUT2D eigenvalue weighted by molar-refractivity contribution is -0.144. The van der Waals surface area contributed by atoms with Crippen molar-refractivity contribution in [1.82, 2.24) is 4.90 Å². The maximum Gasteiger partial charge on any atom is 0.313 e. The summed E-state index contributed by atoms with van der Waals surface area (Å²) in [5.74, 6) is -0.908. The lowest BCUT2D eigenvalue weighted by Gasteiger charge is -2.53. The molecule has 1 aromatic rings. The van der Waals surface area contributed by atoms with Crippen LogP contribution in [0.2, 0.25) is 0 Å². The molecular weight excluding hydrogens is 302 g/mol. The average molecular weight is 329 g/mol. The Bertz CT molecular complexity index is 632. The molecule has 1 aromatic carbocycles. The molecule has 1 saturated carbocycles. The van der Waals surface area contributed by atoms with Gasteiger partial charge in [-0.15, -0.1) is 0 Å². The summed E-state index contributed by atoms with van der Waals surface area (Å²) in [6.07, 6.45) is 5.61. The fourth-order valence-electron chi connectivity index (χ4n) is 4.53. The van der Waals surface area contributed by atoms with E-state index >= 15 is 0 Å². The highest BCUT2D eigenvalue weighted by Crippen LogP contribution is 2.49. The monoisotopic (exact) mass is 329 g/mol. The predicted molar refractivity (Wildman–Crippen MR) is 93.1 cm³/mol. The standard InChI is InChI=1S/C20H27NO3/c1-14(2)10-13-21-18(22)16-9-5-4-8-15(16)17(19(23)24)20(21)11-6-3-7-12-20/h4-5,8-9,14,17H,3,6-7,10-13H2,1-2H3,(H,23,24)/t17-/m0/s1. The van der Waals surface area contributed by atoms with Crippen LogP contribution in [-0.2, 0) is 4.79 Å². The molecule has 1 aliphatic carbocycles. The van der Waals surface area contributed by atoms with Gasteiger partial charge in [-0.3, -0.25) is 9.59 Å². The third kappa shape index (κ3) is 2.72. The van der Waals surface area contributed by atoms with Gasteiger partial charge in [0.05, 0.1) is 5.54 Å². The zero-order valence-corrected chi connectivity index (χ0v) is 14.6. The molecule has 2 aliphatic rings. The number of carbonyl (C=O) groups excluding carboxylic acids is 1. The van der Waals surface area contributed by atoms with E-state index in [4.69, 9.17) is 0 Å². The van der Waals surface area contributed by atoms with Gasteiger partial charge in [-0.25, -0.2) is 0 Å². The zero-order valence-electron chi connectivity index (χ0n) is 14.6. The van der Waals surface area contributed by atoms with E-state index in [0.29, 0.717) is 23.6 Å². The molecule has 4 heteroatoms. The highest BCUT2D eigenvalue weighted by atomic mass is 16.4. The highest BCUT2D eigenvalue weighted by Gasteiger charge is 2.54. The number of benzene rings is 1. The van der Waals surface area contributed by atoms with E-state index in [9.17, 15) is 14.7 Å². The maximum atomic E-state index is 13.2. The minimum atomic E-state index is -0.800. The van der Waals surface area contributed by atoms with Crippen LogP contribution in [-0.4, -0.2) is 34.0 Å². The van der Waals surface area contributed by atoms with E-state index < -0.39 is 17.4 Å². The number of carboxylic acids is 1. The Morgan fingerprint density at radius 1 is 1.25 bits per heavy atom. The Hall–Kier alpha value is -1.84.